The summed E-state index contributed by atoms with van der Waals surface area (Å²) in [6.07, 6.45) is 6.95. The molecule has 116 valence electrons. The molecule has 0 spiro atoms. The van der Waals surface area contributed by atoms with Crippen LogP contribution in [0.1, 0.15) is 37.7 Å². The average molecular weight is 299 g/mol. The fraction of sp³-hybridized carbons (Fsp3) is 0.389. The topological polar surface area (TPSA) is 55.5 Å². The van der Waals surface area contributed by atoms with Crippen molar-refractivity contribution in [3.63, 3.8) is 0 Å². The van der Waals surface area contributed by atoms with Crippen LogP contribution in [-0.4, -0.2) is 29.2 Å². The van der Waals surface area contributed by atoms with Crippen LogP contribution in [0.5, 0.6) is 11.5 Å². The summed E-state index contributed by atoms with van der Waals surface area (Å²) in [4.78, 5) is 0. The van der Waals surface area contributed by atoms with Crippen molar-refractivity contribution in [2.24, 2.45) is 0 Å². The second kappa shape index (κ2) is 6.26. The van der Waals surface area contributed by atoms with Gasteiger partial charge in [0.2, 0.25) is 0 Å². The summed E-state index contributed by atoms with van der Waals surface area (Å²) in [5.74, 6) is 0.859. The average Bonchev–Trinajstić information content (AvgIpc) is 2.56. The lowest BCUT2D eigenvalue weighted by atomic mass is 9.95. The number of fused-ring (bicyclic) bond motifs is 1. The number of hydrogen-bond donors (Lipinski definition) is 1. The minimum Gasteiger partial charge on any atom is -0.624 e. The summed E-state index contributed by atoms with van der Waals surface area (Å²) in [6, 6.07) is 9.02. The smallest absolute Gasteiger partial charge is 0.182 e. The fourth-order valence-electron chi connectivity index (χ4n) is 3.25. The van der Waals surface area contributed by atoms with E-state index in [0.29, 0.717) is 11.1 Å². The summed E-state index contributed by atoms with van der Waals surface area (Å²) in [5, 5.41) is 24.1. The zero-order valence-electron chi connectivity index (χ0n) is 12.8. The molecule has 3 rings (SSSR count). The van der Waals surface area contributed by atoms with Gasteiger partial charge in [0.05, 0.1) is 12.7 Å². The van der Waals surface area contributed by atoms with E-state index in [0.717, 1.165) is 41.4 Å². The molecule has 0 saturated heterocycles. The maximum Gasteiger partial charge on any atom is 0.182 e. The minimum absolute atomic E-state index is 0.0526. The third-order valence-electron chi connectivity index (χ3n) is 4.43. The zero-order chi connectivity index (χ0) is 15.5. The normalized spacial score (nSPS) is 16.9. The van der Waals surface area contributed by atoms with Crippen LogP contribution in [0, 0.1) is 5.21 Å². The van der Waals surface area contributed by atoms with Crippen molar-refractivity contribution in [3.8, 4) is 11.5 Å². The molecule has 4 heteroatoms. The first-order valence-electron chi connectivity index (χ1n) is 7.79. The molecule has 1 N–H and O–H groups in total. The molecule has 0 atom stereocenters. The monoisotopic (exact) mass is 299 g/mol. The van der Waals surface area contributed by atoms with Crippen LogP contribution in [-0.2, 0) is 0 Å². The van der Waals surface area contributed by atoms with Crippen molar-refractivity contribution >= 4 is 17.0 Å². The van der Waals surface area contributed by atoms with E-state index in [1.807, 2.05) is 18.2 Å². The summed E-state index contributed by atoms with van der Waals surface area (Å²) in [7, 11) is 1.60. The second-order valence-electron chi connectivity index (χ2n) is 5.84. The van der Waals surface area contributed by atoms with Gasteiger partial charge in [-0.05, 0) is 31.0 Å². The quantitative estimate of drug-likeness (QED) is 0.406. The Morgan fingerprint density at radius 2 is 1.95 bits per heavy atom. The zero-order valence-corrected chi connectivity index (χ0v) is 12.8. The summed E-state index contributed by atoms with van der Waals surface area (Å²) >= 11 is 0. The van der Waals surface area contributed by atoms with Gasteiger partial charge >= 0.3 is 0 Å². The molecule has 0 amide bonds. The Morgan fingerprint density at radius 1 is 1.18 bits per heavy atom. The van der Waals surface area contributed by atoms with Gasteiger partial charge in [-0.1, -0.05) is 18.6 Å². The van der Waals surface area contributed by atoms with E-state index in [9.17, 15) is 10.3 Å². The van der Waals surface area contributed by atoms with Gasteiger partial charge < -0.3 is 15.1 Å². The van der Waals surface area contributed by atoms with E-state index in [4.69, 9.17) is 4.74 Å². The number of nitrogens with zero attached hydrogens (tertiary/aromatic N) is 1. The van der Waals surface area contributed by atoms with Crippen LogP contribution in [0.3, 0.4) is 0 Å². The molecule has 2 aromatic carbocycles. The van der Waals surface area contributed by atoms with E-state index < -0.39 is 0 Å². The predicted octanol–water partition coefficient (Wildman–Crippen LogP) is 3.82. The highest BCUT2D eigenvalue weighted by Gasteiger charge is 2.20. The van der Waals surface area contributed by atoms with Gasteiger partial charge in [-0.3, -0.25) is 0 Å². The van der Waals surface area contributed by atoms with E-state index in [1.165, 1.54) is 6.42 Å². The van der Waals surface area contributed by atoms with Gasteiger partial charge in [0, 0.05) is 23.6 Å². The molecule has 1 aliphatic carbocycles. The number of aromatic hydroxyl groups is 1. The number of phenolic OH excluding ortho intramolecular Hbond substituents is 1. The van der Waals surface area contributed by atoms with Crippen LogP contribution in [0.4, 0.5) is 0 Å². The maximum atomic E-state index is 12.4. The Hall–Kier alpha value is -2.23. The molecule has 0 aliphatic heterocycles. The largest absolute Gasteiger partial charge is 0.624 e. The first kappa shape index (κ1) is 14.7. The summed E-state index contributed by atoms with van der Waals surface area (Å²) in [5.41, 5.74) is 0.731. The summed E-state index contributed by atoms with van der Waals surface area (Å²) < 4.78 is 6.40. The first-order valence-corrected chi connectivity index (χ1v) is 7.79. The highest BCUT2D eigenvalue weighted by atomic mass is 16.5. The van der Waals surface area contributed by atoms with E-state index >= 15 is 0 Å². The second-order valence-corrected chi connectivity index (χ2v) is 5.84. The minimum atomic E-state index is 0.0526. The molecule has 0 aromatic heterocycles. The van der Waals surface area contributed by atoms with Crippen molar-refractivity contribution in [1.82, 2.24) is 0 Å². The van der Waals surface area contributed by atoms with Crippen molar-refractivity contribution in [2.45, 2.75) is 38.1 Å². The number of methoxy groups -OCH3 is 1. The molecule has 0 radical (unpaired) electrons. The molecule has 2 aromatic rings. The van der Waals surface area contributed by atoms with Crippen molar-refractivity contribution in [2.75, 3.05) is 7.11 Å². The Balaban J connectivity index is 2.07. The summed E-state index contributed by atoms with van der Waals surface area (Å²) in [6.45, 7) is 0. The third kappa shape index (κ3) is 2.73. The lowest BCUT2D eigenvalue weighted by Crippen LogP contribution is -2.25. The molecule has 4 nitrogen and oxygen atoms in total. The van der Waals surface area contributed by atoms with Crippen molar-refractivity contribution in [1.29, 1.82) is 0 Å². The van der Waals surface area contributed by atoms with E-state index in [1.54, 1.807) is 25.5 Å². The Bertz CT molecular complexity index is 703. The molecule has 22 heavy (non-hydrogen) atoms. The van der Waals surface area contributed by atoms with Crippen LogP contribution in [0.2, 0.25) is 0 Å². The van der Waals surface area contributed by atoms with Crippen molar-refractivity contribution in [3.05, 3.63) is 41.1 Å². The molecule has 0 heterocycles. The maximum absolute atomic E-state index is 12.4. The van der Waals surface area contributed by atoms with Gasteiger partial charge in [0.1, 0.15) is 11.5 Å². The van der Waals surface area contributed by atoms with Crippen LogP contribution in [0.15, 0.2) is 30.3 Å². The number of hydroxylamine groups is 1. The number of benzene rings is 2. The van der Waals surface area contributed by atoms with Gasteiger partial charge in [-0.2, -0.15) is 0 Å². The lowest BCUT2D eigenvalue weighted by molar-refractivity contribution is -0.500. The number of phenols is 1. The standard InChI is InChI=1S/C18H21NO3/c1-22-17-11-10-13(18-15(17)8-5-9-16(18)20)12-19(21)14-6-3-2-4-7-14/h5,8-12,14,20H,2-4,6-7H2,1H3/b19-12-. The number of hydrogen-bond acceptors (Lipinski definition) is 3. The Labute approximate surface area is 130 Å². The Kier molecular flexibility index (Phi) is 4.18. The highest BCUT2D eigenvalue weighted by molar-refractivity contribution is 6.04. The molecule has 0 bridgehead atoms. The Morgan fingerprint density at radius 3 is 2.68 bits per heavy atom. The van der Waals surface area contributed by atoms with Gasteiger partial charge in [-0.15, -0.1) is 0 Å². The molecular weight excluding hydrogens is 278 g/mol. The van der Waals surface area contributed by atoms with Gasteiger partial charge in [0.25, 0.3) is 0 Å². The van der Waals surface area contributed by atoms with Crippen LogP contribution >= 0.6 is 0 Å². The molecule has 0 unspecified atom stereocenters. The highest BCUT2D eigenvalue weighted by Crippen LogP contribution is 2.33. The third-order valence-corrected chi connectivity index (χ3v) is 4.43. The lowest BCUT2D eigenvalue weighted by Gasteiger charge is -2.21. The molecular formula is C18H21NO3. The van der Waals surface area contributed by atoms with Crippen LogP contribution < -0.4 is 4.74 Å². The number of ether oxygens (including phenoxy) is 1. The molecule has 1 saturated carbocycles. The SMILES string of the molecule is COc1ccc(/C=[N+](\[O-])C2CCCCC2)c2c(O)cccc12. The van der Waals surface area contributed by atoms with E-state index in [2.05, 4.69) is 0 Å². The van der Waals surface area contributed by atoms with E-state index in [-0.39, 0.29) is 11.8 Å². The first-order chi connectivity index (χ1) is 10.7. The van der Waals surface area contributed by atoms with Crippen molar-refractivity contribution < 1.29 is 14.6 Å². The molecule has 1 fully saturated rings. The fourth-order valence-corrected chi connectivity index (χ4v) is 3.25. The number of rotatable bonds is 3. The van der Waals surface area contributed by atoms with Crippen LogP contribution in [0.25, 0.3) is 10.8 Å². The molecule has 1 aliphatic rings. The van der Waals surface area contributed by atoms with Gasteiger partial charge in [-0.25, -0.2) is 4.74 Å². The van der Waals surface area contributed by atoms with Gasteiger partial charge in [0.15, 0.2) is 12.3 Å². The predicted molar refractivity (Wildman–Crippen MR) is 87.8 cm³/mol.